The van der Waals surface area contributed by atoms with E-state index in [1.165, 1.54) is 43.8 Å². The Balaban J connectivity index is 1.89. The Morgan fingerprint density at radius 1 is 1.29 bits per heavy atom. The van der Waals surface area contributed by atoms with Crippen LogP contribution in [0.25, 0.3) is 0 Å². The second kappa shape index (κ2) is 5.24. The Hall–Kier alpha value is 0.0700. The molecule has 1 aliphatic rings. The molecule has 78 valence electrons. The predicted octanol–water partition coefficient (Wildman–Crippen LogP) is 3.28. The molecule has 2 heterocycles. The van der Waals surface area contributed by atoms with E-state index in [0.29, 0.717) is 0 Å². The highest BCUT2D eigenvalue weighted by Crippen LogP contribution is 2.21. The van der Waals surface area contributed by atoms with Gasteiger partial charge in [0, 0.05) is 0 Å². The topological polar surface area (TPSA) is 16.1 Å². The molecule has 0 radical (unpaired) electrons. The quantitative estimate of drug-likeness (QED) is 0.823. The van der Waals surface area contributed by atoms with E-state index < -0.39 is 0 Å². The van der Waals surface area contributed by atoms with E-state index in [-0.39, 0.29) is 0 Å². The molecule has 1 aromatic heterocycles. The van der Waals surface area contributed by atoms with Crippen molar-refractivity contribution in [1.82, 2.24) is 9.88 Å². The van der Waals surface area contributed by atoms with Crippen LogP contribution in [0.1, 0.15) is 30.7 Å². The molecule has 0 spiro atoms. The van der Waals surface area contributed by atoms with Gasteiger partial charge in [0.15, 0.2) is 0 Å². The number of halogens is 1. The van der Waals surface area contributed by atoms with Gasteiger partial charge in [0.05, 0.1) is 16.5 Å². The minimum Gasteiger partial charge on any atom is -0.297 e. The lowest BCUT2D eigenvalue weighted by Gasteiger charge is -2.17. The smallest absolute Gasteiger partial charge is 0.108 e. The maximum absolute atomic E-state index is 4.37. The van der Waals surface area contributed by atoms with E-state index in [4.69, 9.17) is 0 Å². The number of hydrogen-bond acceptors (Lipinski definition) is 3. The Bertz CT molecular complexity index is 279. The van der Waals surface area contributed by atoms with E-state index in [1.54, 1.807) is 11.3 Å². The molecule has 1 fully saturated rings. The molecule has 1 aliphatic heterocycles. The van der Waals surface area contributed by atoms with Gasteiger partial charge in [-0.3, -0.25) is 4.90 Å². The summed E-state index contributed by atoms with van der Waals surface area (Å²) in [6.07, 6.45) is 7.41. The molecule has 0 saturated carbocycles. The van der Waals surface area contributed by atoms with Crippen molar-refractivity contribution in [2.24, 2.45) is 0 Å². The van der Waals surface area contributed by atoms with Gasteiger partial charge in [-0.1, -0.05) is 12.8 Å². The van der Waals surface area contributed by atoms with Crippen molar-refractivity contribution in [3.63, 3.8) is 0 Å². The molecule has 0 bridgehead atoms. The third-order valence-corrected chi connectivity index (χ3v) is 4.04. The molecule has 0 N–H and O–H groups in total. The van der Waals surface area contributed by atoms with E-state index in [2.05, 4.69) is 25.8 Å². The summed E-state index contributed by atoms with van der Waals surface area (Å²) in [5.41, 5.74) is 0. The summed E-state index contributed by atoms with van der Waals surface area (Å²) in [4.78, 5) is 6.90. The van der Waals surface area contributed by atoms with Crippen LogP contribution in [0.5, 0.6) is 0 Å². The van der Waals surface area contributed by atoms with Gasteiger partial charge in [0.25, 0.3) is 0 Å². The second-order valence-corrected chi connectivity index (χ2v) is 6.24. The van der Waals surface area contributed by atoms with Crippen molar-refractivity contribution in [1.29, 1.82) is 0 Å². The van der Waals surface area contributed by atoms with Gasteiger partial charge in [-0.25, -0.2) is 4.98 Å². The van der Waals surface area contributed by atoms with E-state index in [9.17, 15) is 0 Å². The van der Waals surface area contributed by atoms with E-state index in [1.807, 2.05) is 6.20 Å². The van der Waals surface area contributed by atoms with Crippen LogP contribution in [0.2, 0.25) is 0 Å². The predicted molar refractivity (Wildman–Crippen MR) is 63.6 cm³/mol. The largest absolute Gasteiger partial charge is 0.297 e. The Labute approximate surface area is 97.5 Å². The van der Waals surface area contributed by atoms with Crippen LogP contribution in [0, 0.1) is 0 Å². The second-order valence-electron chi connectivity index (χ2n) is 3.75. The number of thiazole rings is 1. The van der Waals surface area contributed by atoms with E-state index >= 15 is 0 Å². The molecule has 1 aromatic rings. The first-order valence-corrected chi connectivity index (χ1v) is 6.78. The minimum absolute atomic E-state index is 1.04. The Morgan fingerprint density at radius 3 is 2.57 bits per heavy atom. The van der Waals surface area contributed by atoms with Crippen LogP contribution >= 0.6 is 27.3 Å². The molecule has 2 nitrogen and oxygen atoms in total. The first kappa shape index (κ1) is 10.6. The number of rotatable bonds is 2. The molecular formula is C10H15BrN2S. The highest BCUT2D eigenvalue weighted by atomic mass is 79.9. The van der Waals surface area contributed by atoms with Gasteiger partial charge in [-0.05, 0) is 41.9 Å². The molecule has 0 aromatic carbocycles. The summed E-state index contributed by atoms with van der Waals surface area (Å²) < 4.78 is 1.14. The van der Waals surface area contributed by atoms with Gasteiger partial charge >= 0.3 is 0 Å². The molecule has 0 atom stereocenters. The van der Waals surface area contributed by atoms with Crippen LogP contribution in [0.3, 0.4) is 0 Å². The van der Waals surface area contributed by atoms with Crippen molar-refractivity contribution < 1.29 is 0 Å². The zero-order chi connectivity index (χ0) is 9.80. The fourth-order valence-electron chi connectivity index (χ4n) is 1.85. The van der Waals surface area contributed by atoms with Crippen LogP contribution in [0.15, 0.2) is 9.98 Å². The molecule has 4 heteroatoms. The molecule has 0 unspecified atom stereocenters. The van der Waals surface area contributed by atoms with Gasteiger partial charge in [-0.15, -0.1) is 11.3 Å². The van der Waals surface area contributed by atoms with Gasteiger partial charge in [0.2, 0.25) is 0 Å². The van der Waals surface area contributed by atoms with Gasteiger partial charge in [0.1, 0.15) is 5.01 Å². The van der Waals surface area contributed by atoms with Crippen LogP contribution in [-0.2, 0) is 6.54 Å². The monoisotopic (exact) mass is 274 g/mol. The minimum atomic E-state index is 1.04. The number of aromatic nitrogens is 1. The normalized spacial score (nSPS) is 19.5. The van der Waals surface area contributed by atoms with Crippen molar-refractivity contribution in [2.45, 2.75) is 32.2 Å². The molecule has 2 rings (SSSR count). The standard InChI is InChI=1S/C10H15BrN2S/c11-9-7-12-10(14-9)8-13-5-3-1-2-4-6-13/h7H,1-6,8H2. The first-order valence-electron chi connectivity index (χ1n) is 5.17. The lowest BCUT2D eigenvalue weighted by Crippen LogP contribution is -2.23. The van der Waals surface area contributed by atoms with Crippen molar-refractivity contribution in [3.05, 3.63) is 15.0 Å². The first-order chi connectivity index (χ1) is 6.84. The van der Waals surface area contributed by atoms with Gasteiger partial charge in [-0.2, -0.15) is 0 Å². The molecule has 0 aliphatic carbocycles. The molecule has 0 amide bonds. The summed E-state index contributed by atoms with van der Waals surface area (Å²) in [5.74, 6) is 0. The third-order valence-electron chi connectivity index (χ3n) is 2.58. The maximum atomic E-state index is 4.37. The average molecular weight is 275 g/mol. The van der Waals surface area contributed by atoms with E-state index in [0.717, 1.165) is 10.3 Å². The summed E-state index contributed by atoms with van der Waals surface area (Å²) in [5, 5.41) is 1.23. The van der Waals surface area contributed by atoms with Crippen molar-refractivity contribution in [3.8, 4) is 0 Å². The third kappa shape index (κ3) is 3.04. The average Bonchev–Trinajstić information content (AvgIpc) is 2.43. The van der Waals surface area contributed by atoms with Crippen molar-refractivity contribution >= 4 is 27.3 Å². The Kier molecular flexibility index (Phi) is 3.96. The van der Waals surface area contributed by atoms with Crippen molar-refractivity contribution in [2.75, 3.05) is 13.1 Å². The lowest BCUT2D eigenvalue weighted by molar-refractivity contribution is 0.276. The maximum Gasteiger partial charge on any atom is 0.108 e. The number of hydrogen-bond donors (Lipinski definition) is 0. The SMILES string of the molecule is Brc1cnc(CN2CCCCCC2)s1. The fraction of sp³-hybridized carbons (Fsp3) is 0.700. The summed E-state index contributed by atoms with van der Waals surface area (Å²) in [6, 6.07) is 0. The highest BCUT2D eigenvalue weighted by molar-refractivity contribution is 9.11. The van der Waals surface area contributed by atoms with Gasteiger partial charge < -0.3 is 0 Å². The number of likely N-dealkylation sites (tertiary alicyclic amines) is 1. The zero-order valence-electron chi connectivity index (χ0n) is 8.21. The molecule has 1 saturated heterocycles. The summed E-state index contributed by atoms with van der Waals surface area (Å²) in [7, 11) is 0. The molecular weight excluding hydrogens is 260 g/mol. The molecule has 14 heavy (non-hydrogen) atoms. The van der Waals surface area contributed by atoms with Crippen LogP contribution < -0.4 is 0 Å². The fourth-order valence-corrected chi connectivity index (χ4v) is 3.19. The highest BCUT2D eigenvalue weighted by Gasteiger charge is 2.10. The van der Waals surface area contributed by atoms with Crippen LogP contribution in [0.4, 0.5) is 0 Å². The number of nitrogens with zero attached hydrogens (tertiary/aromatic N) is 2. The van der Waals surface area contributed by atoms with Crippen LogP contribution in [-0.4, -0.2) is 23.0 Å². The summed E-state index contributed by atoms with van der Waals surface area (Å²) >= 11 is 5.20. The zero-order valence-corrected chi connectivity index (χ0v) is 10.6. The lowest BCUT2D eigenvalue weighted by atomic mass is 10.2. The summed E-state index contributed by atoms with van der Waals surface area (Å²) in [6.45, 7) is 3.53. The Morgan fingerprint density at radius 2 is 2.00 bits per heavy atom.